The molecule has 1 aromatic carbocycles. The molecule has 0 atom stereocenters. The van der Waals surface area contributed by atoms with Gasteiger partial charge in [0.15, 0.2) is 0 Å². The van der Waals surface area contributed by atoms with E-state index in [1.807, 2.05) is 44.3 Å². The Bertz CT molecular complexity index is 749. The summed E-state index contributed by atoms with van der Waals surface area (Å²) in [5.74, 6) is 0. The van der Waals surface area contributed by atoms with E-state index in [2.05, 4.69) is 0 Å². The molecule has 2 aromatic rings. The van der Waals surface area contributed by atoms with Crippen molar-refractivity contribution in [3.8, 4) is 5.69 Å². The first kappa shape index (κ1) is 19.9. The maximum atomic E-state index is 11.8. The molecule has 0 unspecified atom stereocenters. The normalized spacial score (nSPS) is 10.3. The number of nitrogens with two attached hydrogens (primary N) is 1. The van der Waals surface area contributed by atoms with Gasteiger partial charge in [-0.2, -0.15) is 8.42 Å². The van der Waals surface area contributed by atoms with Gasteiger partial charge >= 0.3 is 29.6 Å². The molecular weight excluding hydrogens is 305 g/mol. The summed E-state index contributed by atoms with van der Waals surface area (Å²) in [6, 6.07) is 9.44. The smallest absolute Gasteiger partial charge is 1.00 e. The summed E-state index contributed by atoms with van der Waals surface area (Å²) >= 11 is 0. The topological polar surface area (TPSA) is 107 Å². The Morgan fingerprint density at radius 3 is 2.00 bits per heavy atom. The molecule has 0 aliphatic carbocycles. The van der Waals surface area contributed by atoms with Gasteiger partial charge in [-0.05, 0) is 19.1 Å². The van der Waals surface area contributed by atoms with Crippen LogP contribution in [0.15, 0.2) is 35.1 Å². The fraction of sp³-hybridized carbons (Fsp3) is 0.250. The summed E-state index contributed by atoms with van der Waals surface area (Å²) in [4.78, 5) is 11.8. The third-order valence-electron chi connectivity index (χ3n) is 2.60. The van der Waals surface area contributed by atoms with Crippen LogP contribution in [-0.2, 0) is 17.2 Å². The average Bonchev–Trinajstić information content (AvgIpc) is 2.53. The minimum absolute atomic E-state index is 0. The van der Waals surface area contributed by atoms with Gasteiger partial charge in [-0.3, -0.25) is 14.0 Å². The molecule has 9 heteroatoms. The molecule has 21 heavy (non-hydrogen) atoms. The zero-order valence-corrected chi connectivity index (χ0v) is 15.3. The summed E-state index contributed by atoms with van der Waals surface area (Å²) in [6.07, 6.45) is 0.715. The van der Waals surface area contributed by atoms with Crippen LogP contribution in [-0.4, -0.2) is 28.6 Å². The van der Waals surface area contributed by atoms with Crippen molar-refractivity contribution >= 4 is 15.8 Å². The van der Waals surface area contributed by atoms with E-state index in [1.165, 1.54) is 0 Å². The first-order valence-corrected chi connectivity index (χ1v) is 7.49. The molecule has 0 aliphatic rings. The van der Waals surface area contributed by atoms with Crippen LogP contribution in [0.25, 0.3) is 5.69 Å². The Morgan fingerprint density at radius 2 is 1.67 bits per heavy atom. The Hall–Kier alpha value is -1.06. The molecule has 0 amide bonds. The molecule has 0 saturated carbocycles. The summed E-state index contributed by atoms with van der Waals surface area (Å²) in [5.41, 5.74) is 7.43. The van der Waals surface area contributed by atoms with Crippen molar-refractivity contribution in [3.63, 3.8) is 0 Å². The predicted octanol–water partition coefficient (Wildman–Crippen LogP) is -2.31. The van der Waals surface area contributed by atoms with Crippen molar-refractivity contribution in [2.75, 3.05) is 12.0 Å². The molecule has 1 aromatic heterocycles. The van der Waals surface area contributed by atoms with Crippen molar-refractivity contribution in [2.45, 2.75) is 6.92 Å². The molecule has 0 aliphatic heterocycles. The summed E-state index contributed by atoms with van der Waals surface area (Å²) < 4.78 is 29.2. The van der Waals surface area contributed by atoms with E-state index in [-0.39, 0.29) is 36.5 Å². The Morgan fingerprint density at radius 1 is 1.24 bits per heavy atom. The van der Waals surface area contributed by atoms with Crippen LogP contribution in [0.5, 0.6) is 0 Å². The molecule has 0 spiro atoms. The number of aromatic nitrogens is 2. The number of nitrogens with zero attached hydrogens (tertiary/aromatic N) is 2. The molecule has 112 valence electrons. The summed E-state index contributed by atoms with van der Waals surface area (Å²) in [5, 5.41) is 0. The molecule has 0 bridgehead atoms. The van der Waals surface area contributed by atoms with Crippen LogP contribution in [0, 0.1) is 6.92 Å². The molecule has 7 nitrogen and oxygen atoms in total. The van der Waals surface area contributed by atoms with Crippen LogP contribution in [0.3, 0.4) is 0 Å². The predicted molar refractivity (Wildman–Crippen MR) is 78.7 cm³/mol. The molecule has 2 rings (SSSR count). The van der Waals surface area contributed by atoms with Gasteiger partial charge in [-0.1, -0.05) is 18.2 Å². The second-order valence-electron chi connectivity index (χ2n) is 4.21. The van der Waals surface area contributed by atoms with Crippen LogP contribution >= 0.6 is 0 Å². The van der Waals surface area contributed by atoms with Crippen molar-refractivity contribution in [2.24, 2.45) is 7.05 Å². The van der Waals surface area contributed by atoms with E-state index >= 15 is 0 Å². The van der Waals surface area contributed by atoms with Crippen LogP contribution in [0.2, 0.25) is 0 Å². The van der Waals surface area contributed by atoms with Gasteiger partial charge in [0.1, 0.15) is 5.69 Å². The Labute approximate surface area is 146 Å². The number of benzene rings is 1. The first-order chi connectivity index (χ1) is 9.13. The first-order valence-electron chi connectivity index (χ1n) is 5.65. The van der Waals surface area contributed by atoms with Crippen LogP contribution in [0.1, 0.15) is 7.12 Å². The zero-order chi connectivity index (χ0) is 15.5. The van der Waals surface area contributed by atoms with E-state index in [0.717, 1.165) is 11.4 Å². The second-order valence-corrected chi connectivity index (χ2v) is 5.67. The maximum Gasteiger partial charge on any atom is 1.00 e. The largest absolute Gasteiger partial charge is 1.00 e. The molecular formula is C12H18N3NaO4S. The van der Waals surface area contributed by atoms with E-state index < -0.39 is 10.1 Å². The Balaban J connectivity index is 0. The zero-order valence-electron chi connectivity index (χ0n) is 13.4. The van der Waals surface area contributed by atoms with Crippen molar-refractivity contribution in [3.05, 3.63) is 46.4 Å². The summed E-state index contributed by atoms with van der Waals surface area (Å²) in [6.45, 7) is 1.83. The Kier molecular flexibility index (Phi) is 7.41. The van der Waals surface area contributed by atoms with Crippen LogP contribution < -0.4 is 40.9 Å². The van der Waals surface area contributed by atoms with Gasteiger partial charge in [-0.15, -0.1) is 0 Å². The van der Waals surface area contributed by atoms with Crippen molar-refractivity contribution in [1.82, 2.24) is 9.36 Å². The third kappa shape index (κ3) is 5.68. The maximum absolute atomic E-state index is 11.8. The second kappa shape index (κ2) is 7.81. The summed E-state index contributed by atoms with van der Waals surface area (Å²) in [7, 11) is -1.85. The van der Waals surface area contributed by atoms with Gasteiger partial charge in [-0.25, -0.2) is 4.68 Å². The van der Waals surface area contributed by atoms with Gasteiger partial charge in [0.2, 0.25) is 0 Å². The fourth-order valence-electron chi connectivity index (χ4n) is 1.59. The standard InChI is InChI=1S/C11H13N3O.CH4O3S.Na.H/c1-8-10(12)11(15)14(13(8)2)9-6-4-3-5-7-9;1-5(2,3)4;;/h3-7H,12H2,1-2H3;1H3,(H,2,3,4);;/q;;+1;-1. The number of nitrogen functional groups attached to an aromatic ring is 1. The van der Waals surface area contributed by atoms with Gasteiger partial charge in [0, 0.05) is 7.05 Å². The van der Waals surface area contributed by atoms with Crippen molar-refractivity contribution in [1.29, 1.82) is 0 Å². The van der Waals surface area contributed by atoms with Gasteiger partial charge in [0.05, 0.1) is 17.6 Å². The third-order valence-corrected chi connectivity index (χ3v) is 2.60. The number of rotatable bonds is 1. The van der Waals surface area contributed by atoms with Crippen molar-refractivity contribution < 1.29 is 44.0 Å². The van der Waals surface area contributed by atoms with E-state index in [0.29, 0.717) is 11.9 Å². The molecule has 0 radical (unpaired) electrons. The number of anilines is 1. The number of hydrogen-bond acceptors (Lipinski definition) is 4. The number of hydrogen-bond donors (Lipinski definition) is 2. The van der Waals surface area contributed by atoms with Gasteiger partial charge < -0.3 is 7.16 Å². The SMILES string of the molecule is CS(=O)(=O)O.Cc1c(N)c(=O)n(-c2ccccc2)n1C.[H-].[Na+]. The van der Waals surface area contributed by atoms with E-state index in [4.69, 9.17) is 10.3 Å². The molecule has 0 saturated heterocycles. The minimum Gasteiger partial charge on any atom is -1.00 e. The number of para-hydroxylation sites is 1. The van der Waals surface area contributed by atoms with E-state index in [1.54, 1.807) is 9.36 Å². The molecule has 3 N–H and O–H groups in total. The van der Waals surface area contributed by atoms with Crippen LogP contribution in [0.4, 0.5) is 5.69 Å². The fourth-order valence-corrected chi connectivity index (χ4v) is 1.59. The van der Waals surface area contributed by atoms with E-state index in [9.17, 15) is 13.2 Å². The monoisotopic (exact) mass is 323 g/mol. The average molecular weight is 323 g/mol. The van der Waals surface area contributed by atoms with Gasteiger partial charge in [0.25, 0.3) is 15.7 Å². The quantitative estimate of drug-likeness (QED) is 0.453. The minimum atomic E-state index is -3.67. The molecule has 1 heterocycles. The molecule has 0 fully saturated rings.